The molecule has 5 heteroatoms. The van der Waals surface area contributed by atoms with Gasteiger partial charge in [0.25, 0.3) is 0 Å². The molecular weight excluding hydrogens is 280 g/mol. The highest BCUT2D eigenvalue weighted by Crippen LogP contribution is 2.19. The van der Waals surface area contributed by atoms with Crippen LogP contribution >= 0.6 is 15.9 Å². The third-order valence-electron chi connectivity index (χ3n) is 2.19. The molecule has 1 heterocycles. The van der Waals surface area contributed by atoms with Gasteiger partial charge in [-0.1, -0.05) is 34.6 Å². The molecule has 2 rings (SSSR count). The van der Waals surface area contributed by atoms with Crippen LogP contribution in [0.3, 0.4) is 0 Å². The van der Waals surface area contributed by atoms with Gasteiger partial charge in [0.1, 0.15) is 6.33 Å². The number of hydrogen-bond acceptors (Lipinski definition) is 3. The van der Waals surface area contributed by atoms with E-state index in [0.29, 0.717) is 12.1 Å². The van der Waals surface area contributed by atoms with Crippen molar-refractivity contribution in [3.8, 4) is 17.5 Å². The van der Waals surface area contributed by atoms with Crippen LogP contribution in [0.2, 0.25) is 0 Å². The molecule has 0 unspecified atom stereocenters. The molecule has 0 aliphatic heterocycles. The molecule has 4 nitrogen and oxygen atoms in total. The molecule has 0 fully saturated rings. The molecule has 0 saturated carbocycles. The average molecular weight is 289 g/mol. The van der Waals surface area contributed by atoms with Crippen LogP contribution in [-0.2, 0) is 6.54 Å². The van der Waals surface area contributed by atoms with Gasteiger partial charge in [-0.25, -0.2) is 9.67 Å². The normalized spacial score (nSPS) is 9.88. The van der Waals surface area contributed by atoms with E-state index in [1.807, 2.05) is 12.1 Å². The van der Waals surface area contributed by atoms with Gasteiger partial charge in [0.05, 0.1) is 18.2 Å². The SMILES string of the molecule is C=C(Br)Cn1ncnc1-c1cccc(C#N)c1. The average Bonchev–Trinajstić information content (AvgIpc) is 2.76. The smallest absolute Gasteiger partial charge is 0.158 e. The van der Waals surface area contributed by atoms with E-state index >= 15 is 0 Å². The molecule has 0 atom stereocenters. The Balaban J connectivity index is 2.43. The summed E-state index contributed by atoms with van der Waals surface area (Å²) < 4.78 is 2.55. The summed E-state index contributed by atoms with van der Waals surface area (Å²) in [5.41, 5.74) is 1.48. The lowest BCUT2D eigenvalue weighted by Crippen LogP contribution is -2.02. The van der Waals surface area contributed by atoms with Crippen molar-refractivity contribution in [2.75, 3.05) is 0 Å². The lowest BCUT2D eigenvalue weighted by atomic mass is 10.1. The van der Waals surface area contributed by atoms with E-state index in [9.17, 15) is 0 Å². The van der Waals surface area contributed by atoms with Crippen LogP contribution in [0.5, 0.6) is 0 Å². The van der Waals surface area contributed by atoms with Crippen molar-refractivity contribution in [2.24, 2.45) is 0 Å². The molecular formula is C12H9BrN4. The second kappa shape index (κ2) is 4.93. The van der Waals surface area contributed by atoms with Gasteiger partial charge in [-0.05, 0) is 12.1 Å². The topological polar surface area (TPSA) is 54.5 Å². The minimum absolute atomic E-state index is 0.548. The molecule has 0 N–H and O–H groups in total. The van der Waals surface area contributed by atoms with Crippen molar-refractivity contribution in [2.45, 2.75) is 6.54 Å². The standard InChI is InChI=1S/C12H9BrN4/c1-9(13)7-17-12(15-8-16-17)11-4-2-3-10(5-11)6-14/h2-5,8H,1,7H2. The summed E-state index contributed by atoms with van der Waals surface area (Å²) >= 11 is 3.30. The first-order valence-corrected chi connectivity index (χ1v) is 5.71. The second-order valence-electron chi connectivity index (χ2n) is 3.45. The van der Waals surface area contributed by atoms with Gasteiger partial charge in [-0.3, -0.25) is 0 Å². The molecule has 0 saturated heterocycles. The van der Waals surface area contributed by atoms with Gasteiger partial charge >= 0.3 is 0 Å². The molecule has 0 amide bonds. The minimum Gasteiger partial charge on any atom is -0.241 e. The van der Waals surface area contributed by atoms with Gasteiger partial charge in [-0.2, -0.15) is 10.4 Å². The highest BCUT2D eigenvalue weighted by Gasteiger charge is 2.07. The molecule has 1 aromatic heterocycles. The Morgan fingerprint density at radius 2 is 2.35 bits per heavy atom. The van der Waals surface area contributed by atoms with Crippen molar-refractivity contribution in [3.63, 3.8) is 0 Å². The van der Waals surface area contributed by atoms with Gasteiger partial charge in [-0.15, -0.1) is 0 Å². The molecule has 0 aliphatic rings. The zero-order valence-electron chi connectivity index (χ0n) is 8.97. The Morgan fingerprint density at radius 3 is 3.06 bits per heavy atom. The molecule has 0 spiro atoms. The van der Waals surface area contributed by atoms with Crippen molar-refractivity contribution in [3.05, 3.63) is 47.2 Å². The first-order valence-electron chi connectivity index (χ1n) is 4.92. The Bertz CT molecular complexity index is 595. The van der Waals surface area contributed by atoms with Gasteiger partial charge < -0.3 is 0 Å². The maximum Gasteiger partial charge on any atom is 0.158 e. The number of nitriles is 1. The molecule has 0 aliphatic carbocycles. The van der Waals surface area contributed by atoms with Crippen LogP contribution in [0.1, 0.15) is 5.56 Å². The minimum atomic E-state index is 0.548. The zero-order valence-corrected chi connectivity index (χ0v) is 10.6. The van der Waals surface area contributed by atoms with Crippen molar-refractivity contribution < 1.29 is 0 Å². The lowest BCUT2D eigenvalue weighted by molar-refractivity contribution is 0.705. The summed E-state index contributed by atoms with van der Waals surface area (Å²) in [6, 6.07) is 9.38. The van der Waals surface area contributed by atoms with Crippen LogP contribution < -0.4 is 0 Å². The van der Waals surface area contributed by atoms with Crippen LogP contribution in [0.15, 0.2) is 41.7 Å². The Hall–Kier alpha value is -1.93. The van der Waals surface area contributed by atoms with E-state index in [0.717, 1.165) is 15.9 Å². The van der Waals surface area contributed by atoms with Crippen molar-refractivity contribution in [1.82, 2.24) is 14.8 Å². The summed E-state index contributed by atoms with van der Waals surface area (Å²) in [7, 11) is 0. The molecule has 2 aromatic rings. The van der Waals surface area contributed by atoms with Gasteiger partial charge in [0, 0.05) is 10.0 Å². The molecule has 1 aromatic carbocycles. The first kappa shape index (κ1) is 11.6. The summed E-state index contributed by atoms with van der Waals surface area (Å²) in [6.07, 6.45) is 1.49. The van der Waals surface area contributed by atoms with E-state index in [2.05, 4.69) is 38.7 Å². The van der Waals surface area contributed by atoms with Crippen LogP contribution in [-0.4, -0.2) is 14.8 Å². The Kier molecular flexibility index (Phi) is 3.35. The van der Waals surface area contributed by atoms with E-state index in [-0.39, 0.29) is 0 Å². The second-order valence-corrected chi connectivity index (χ2v) is 4.57. The van der Waals surface area contributed by atoms with E-state index < -0.39 is 0 Å². The fourth-order valence-electron chi connectivity index (χ4n) is 1.49. The zero-order chi connectivity index (χ0) is 12.3. The predicted octanol–water partition coefficient (Wildman–Crippen LogP) is 2.73. The summed E-state index contributed by atoms with van der Waals surface area (Å²) in [5, 5.41) is 13.0. The number of benzene rings is 1. The van der Waals surface area contributed by atoms with Crippen molar-refractivity contribution in [1.29, 1.82) is 5.26 Å². The quantitative estimate of drug-likeness (QED) is 0.873. The Labute approximate surface area is 107 Å². The maximum absolute atomic E-state index is 8.86. The lowest BCUT2D eigenvalue weighted by Gasteiger charge is -2.04. The van der Waals surface area contributed by atoms with Crippen LogP contribution in [0, 0.1) is 11.3 Å². The molecule has 0 bridgehead atoms. The van der Waals surface area contributed by atoms with Gasteiger partial charge in [0.15, 0.2) is 5.82 Å². The van der Waals surface area contributed by atoms with Crippen molar-refractivity contribution >= 4 is 15.9 Å². The van der Waals surface area contributed by atoms with E-state index in [1.165, 1.54) is 6.33 Å². The highest BCUT2D eigenvalue weighted by molar-refractivity contribution is 9.11. The summed E-state index contributed by atoms with van der Waals surface area (Å²) in [6.45, 7) is 4.32. The Morgan fingerprint density at radius 1 is 1.53 bits per heavy atom. The number of hydrogen-bond donors (Lipinski definition) is 0. The fourth-order valence-corrected chi connectivity index (χ4v) is 1.73. The number of aromatic nitrogens is 3. The first-order chi connectivity index (χ1) is 8.20. The number of nitrogens with zero attached hydrogens (tertiary/aromatic N) is 4. The molecule has 84 valence electrons. The predicted molar refractivity (Wildman–Crippen MR) is 68.2 cm³/mol. The van der Waals surface area contributed by atoms with E-state index in [1.54, 1.807) is 16.8 Å². The van der Waals surface area contributed by atoms with Crippen LogP contribution in [0.25, 0.3) is 11.4 Å². The summed E-state index contributed by atoms with van der Waals surface area (Å²) in [5.74, 6) is 0.725. The van der Waals surface area contributed by atoms with Gasteiger partial charge in [0.2, 0.25) is 0 Å². The number of halogens is 1. The highest BCUT2D eigenvalue weighted by atomic mass is 79.9. The maximum atomic E-state index is 8.86. The summed E-state index contributed by atoms with van der Waals surface area (Å²) in [4.78, 5) is 4.20. The molecule has 17 heavy (non-hydrogen) atoms. The number of allylic oxidation sites excluding steroid dienone is 1. The third kappa shape index (κ3) is 2.60. The molecule has 0 radical (unpaired) electrons. The monoisotopic (exact) mass is 288 g/mol. The largest absolute Gasteiger partial charge is 0.241 e. The number of rotatable bonds is 3. The fraction of sp³-hybridized carbons (Fsp3) is 0.0833. The third-order valence-corrected chi connectivity index (χ3v) is 2.44. The van der Waals surface area contributed by atoms with Crippen LogP contribution in [0.4, 0.5) is 0 Å². The van der Waals surface area contributed by atoms with E-state index in [4.69, 9.17) is 5.26 Å².